The molecule has 0 aliphatic rings. The Hall–Kier alpha value is -2.86. The van der Waals surface area contributed by atoms with Crippen molar-refractivity contribution in [1.29, 1.82) is 0 Å². The number of pyridine rings is 1. The second-order valence-corrected chi connectivity index (χ2v) is 21.3. The van der Waals surface area contributed by atoms with E-state index in [1.54, 1.807) is 0 Å². The minimum atomic E-state index is -1.45. The Morgan fingerprint density at radius 3 is 1.76 bits per heavy atom. The average Bonchev–Trinajstić information content (AvgIpc) is 2.76. The maximum atomic E-state index is 4.77. The zero-order valence-electron chi connectivity index (χ0n) is 22.0. The van der Waals surface area contributed by atoms with Gasteiger partial charge >= 0.3 is 0 Å². The van der Waals surface area contributed by atoms with Crippen LogP contribution in [0.25, 0.3) is 11.3 Å². The van der Waals surface area contributed by atoms with E-state index in [0.717, 1.165) is 28.8 Å². The van der Waals surface area contributed by atoms with Crippen molar-refractivity contribution in [2.24, 2.45) is 0 Å². The van der Waals surface area contributed by atoms with E-state index in [0.29, 0.717) is 0 Å². The van der Waals surface area contributed by atoms with Crippen LogP contribution >= 0.6 is 0 Å². The molecule has 0 bridgehead atoms. The maximum Gasteiger partial charge on any atom is 0.129 e. The fourth-order valence-corrected chi connectivity index (χ4v) is 4.68. The molecule has 0 atom stereocenters. The van der Waals surface area contributed by atoms with E-state index < -0.39 is 16.1 Å². The van der Waals surface area contributed by atoms with Crippen molar-refractivity contribution >= 4 is 16.1 Å². The number of rotatable bonds is 4. The summed E-state index contributed by atoms with van der Waals surface area (Å²) >= 11 is 0. The second-order valence-electron chi connectivity index (χ2n) is 11.8. The Morgan fingerprint density at radius 1 is 0.735 bits per heavy atom. The number of hydrogen-bond acceptors (Lipinski definition) is 1. The third-order valence-electron chi connectivity index (χ3n) is 5.42. The number of aromatic nitrogens is 1. The van der Waals surface area contributed by atoms with Crippen molar-refractivity contribution in [2.75, 3.05) is 0 Å². The van der Waals surface area contributed by atoms with Gasteiger partial charge in [-0.1, -0.05) is 101 Å². The average molecular weight is 480 g/mol. The van der Waals surface area contributed by atoms with Gasteiger partial charge in [0, 0.05) is 22.9 Å². The van der Waals surface area contributed by atoms with Gasteiger partial charge in [0.25, 0.3) is 0 Å². The van der Waals surface area contributed by atoms with Crippen molar-refractivity contribution in [3.8, 4) is 34.2 Å². The molecule has 0 fully saturated rings. The molecule has 3 rings (SSSR count). The lowest BCUT2D eigenvalue weighted by atomic mass is 9.79. The summed E-state index contributed by atoms with van der Waals surface area (Å²) < 4.78 is 0. The standard InChI is InChI=1S/C31H37NSi2/c1-31(2,29-14-15-30(32-24-29)28-12-10-9-11-13-28)23-27-21-25(16-18-33(3,4)5)20-26(22-27)17-19-34(6,7)8/h9-15,20-22,24H,23H2,1-8H3. The number of benzene rings is 2. The highest BCUT2D eigenvalue weighted by Gasteiger charge is 2.22. The topological polar surface area (TPSA) is 12.9 Å². The van der Waals surface area contributed by atoms with Gasteiger partial charge in [-0.15, -0.1) is 11.1 Å². The molecule has 3 heteroatoms. The third-order valence-corrected chi connectivity index (χ3v) is 7.17. The Balaban J connectivity index is 1.93. The van der Waals surface area contributed by atoms with Crippen molar-refractivity contribution in [3.05, 3.63) is 89.1 Å². The quantitative estimate of drug-likeness (QED) is 0.276. The van der Waals surface area contributed by atoms with Crippen LogP contribution in [0, 0.1) is 22.9 Å². The van der Waals surface area contributed by atoms with E-state index in [1.165, 1.54) is 11.1 Å². The highest BCUT2D eigenvalue weighted by molar-refractivity contribution is 6.84. The Bertz CT molecular complexity index is 1200. The second kappa shape index (κ2) is 10.2. The van der Waals surface area contributed by atoms with Crippen LogP contribution in [0.1, 0.15) is 36.1 Å². The first kappa shape index (κ1) is 25.8. The lowest BCUT2D eigenvalue weighted by Gasteiger charge is -2.25. The van der Waals surface area contributed by atoms with Gasteiger partial charge in [-0.25, -0.2) is 0 Å². The molecule has 0 amide bonds. The first-order valence-electron chi connectivity index (χ1n) is 12.0. The minimum Gasteiger partial charge on any atom is -0.256 e. The van der Waals surface area contributed by atoms with Crippen LogP contribution in [0.5, 0.6) is 0 Å². The zero-order chi connectivity index (χ0) is 25.0. The largest absolute Gasteiger partial charge is 0.256 e. The Kier molecular flexibility index (Phi) is 7.72. The van der Waals surface area contributed by atoms with Crippen molar-refractivity contribution in [3.63, 3.8) is 0 Å². The number of nitrogens with zero attached hydrogens (tertiary/aromatic N) is 1. The van der Waals surface area contributed by atoms with Crippen molar-refractivity contribution in [1.82, 2.24) is 4.98 Å². The molecule has 0 unspecified atom stereocenters. The lowest BCUT2D eigenvalue weighted by molar-refractivity contribution is 0.520. The van der Waals surface area contributed by atoms with E-state index in [1.807, 2.05) is 12.3 Å². The number of hydrogen-bond donors (Lipinski definition) is 0. The monoisotopic (exact) mass is 479 g/mol. The highest BCUT2D eigenvalue weighted by Crippen LogP contribution is 2.29. The van der Waals surface area contributed by atoms with E-state index >= 15 is 0 Å². The van der Waals surface area contributed by atoms with Crippen molar-refractivity contribution in [2.45, 2.75) is 65.0 Å². The molecule has 2 aromatic carbocycles. The molecule has 174 valence electrons. The molecular weight excluding hydrogens is 443 g/mol. The van der Waals surface area contributed by atoms with Crippen LogP contribution < -0.4 is 0 Å². The fourth-order valence-electron chi connectivity index (χ4n) is 3.64. The molecule has 0 saturated carbocycles. The van der Waals surface area contributed by atoms with E-state index in [9.17, 15) is 0 Å². The molecule has 1 nitrogen and oxygen atoms in total. The molecule has 1 heterocycles. The maximum absolute atomic E-state index is 4.77. The SMILES string of the molecule is CC(C)(Cc1cc(C#C[Si](C)(C)C)cc(C#C[Si](C)(C)C)c1)c1ccc(-c2ccccc2)nc1. The van der Waals surface area contributed by atoms with E-state index in [4.69, 9.17) is 4.98 Å². The van der Waals surface area contributed by atoms with Gasteiger partial charge in [0.1, 0.15) is 16.1 Å². The summed E-state index contributed by atoms with van der Waals surface area (Å²) in [5.74, 6) is 6.91. The van der Waals surface area contributed by atoms with Crippen molar-refractivity contribution < 1.29 is 0 Å². The van der Waals surface area contributed by atoms with Crippen LogP contribution in [0.4, 0.5) is 0 Å². The van der Waals surface area contributed by atoms with Crippen LogP contribution in [-0.2, 0) is 11.8 Å². The normalized spacial score (nSPS) is 11.8. The summed E-state index contributed by atoms with van der Waals surface area (Å²) in [5, 5.41) is 0. The van der Waals surface area contributed by atoms with Crippen LogP contribution in [0.15, 0.2) is 66.9 Å². The smallest absolute Gasteiger partial charge is 0.129 e. The highest BCUT2D eigenvalue weighted by atomic mass is 28.3. The van der Waals surface area contributed by atoms with Gasteiger partial charge in [-0.3, -0.25) is 4.98 Å². The summed E-state index contributed by atoms with van der Waals surface area (Å²) in [7, 11) is -2.91. The predicted molar refractivity (Wildman–Crippen MR) is 153 cm³/mol. The molecule has 0 radical (unpaired) electrons. The summed E-state index contributed by atoms with van der Waals surface area (Å²) in [6.45, 7) is 18.3. The molecule has 1 aromatic heterocycles. The zero-order valence-corrected chi connectivity index (χ0v) is 24.0. The first-order valence-corrected chi connectivity index (χ1v) is 19.0. The molecular formula is C31H37NSi2. The fraction of sp³-hybridized carbons (Fsp3) is 0.323. The van der Waals surface area contributed by atoms with Gasteiger partial charge in [-0.2, -0.15) is 0 Å². The molecule has 0 N–H and O–H groups in total. The van der Waals surface area contributed by atoms with Gasteiger partial charge in [0.05, 0.1) is 5.69 Å². The van der Waals surface area contributed by atoms with Gasteiger partial charge < -0.3 is 0 Å². The van der Waals surface area contributed by atoms with Crippen LogP contribution in [-0.4, -0.2) is 21.1 Å². The van der Waals surface area contributed by atoms with Gasteiger partial charge in [0.15, 0.2) is 0 Å². The van der Waals surface area contributed by atoms with Crippen LogP contribution in [0.2, 0.25) is 39.3 Å². The first-order chi connectivity index (χ1) is 15.8. The molecule has 0 aliphatic carbocycles. The Morgan fingerprint density at radius 2 is 1.29 bits per heavy atom. The summed E-state index contributed by atoms with van der Waals surface area (Å²) in [6.07, 6.45) is 2.94. The lowest BCUT2D eigenvalue weighted by Crippen LogP contribution is -2.21. The molecule has 34 heavy (non-hydrogen) atoms. The minimum absolute atomic E-state index is 0.0590. The van der Waals surface area contributed by atoms with Gasteiger partial charge in [0.2, 0.25) is 0 Å². The summed E-state index contributed by atoms with van der Waals surface area (Å²) in [6, 6.07) is 21.3. The van der Waals surface area contributed by atoms with E-state index in [-0.39, 0.29) is 5.41 Å². The third kappa shape index (κ3) is 7.87. The molecule has 0 saturated heterocycles. The Labute approximate surface area is 209 Å². The predicted octanol–water partition coefficient (Wildman–Crippen LogP) is 7.73. The molecule has 3 aromatic rings. The summed E-state index contributed by atoms with van der Waals surface area (Å²) in [5.41, 5.74) is 13.8. The van der Waals surface area contributed by atoms with E-state index in [2.05, 4.69) is 131 Å². The van der Waals surface area contributed by atoms with Crippen LogP contribution in [0.3, 0.4) is 0 Å². The molecule has 0 spiro atoms. The van der Waals surface area contributed by atoms with Gasteiger partial charge in [-0.05, 0) is 47.2 Å². The summed E-state index contributed by atoms with van der Waals surface area (Å²) in [4.78, 5) is 4.77. The molecule has 0 aliphatic heterocycles.